The number of amides is 4. The molecule has 1 aromatic carbocycles. The van der Waals surface area contributed by atoms with Crippen molar-refractivity contribution >= 4 is 35.0 Å². The molecule has 6 heteroatoms. The Morgan fingerprint density at radius 3 is 1.44 bits per heavy atom. The predicted molar refractivity (Wildman–Crippen MR) is 134 cm³/mol. The molecule has 36 heavy (non-hydrogen) atoms. The molecule has 0 N–H and O–H groups in total. The first-order valence-corrected chi connectivity index (χ1v) is 12.8. The maximum Gasteiger partial charge on any atom is 0.238 e. The van der Waals surface area contributed by atoms with Crippen LogP contribution < -0.4 is 9.80 Å². The summed E-state index contributed by atoms with van der Waals surface area (Å²) in [6.45, 7) is 7.73. The number of nitrogens with zero attached hydrogens (tertiary/aromatic N) is 2. The van der Waals surface area contributed by atoms with Crippen LogP contribution in [-0.4, -0.2) is 23.6 Å². The van der Waals surface area contributed by atoms with E-state index >= 15 is 0 Å². The summed E-state index contributed by atoms with van der Waals surface area (Å²) in [4.78, 5) is 56.5. The van der Waals surface area contributed by atoms with Gasteiger partial charge in [0.1, 0.15) is 0 Å². The number of rotatable bonds is 6. The van der Waals surface area contributed by atoms with E-state index in [-0.39, 0.29) is 70.0 Å². The van der Waals surface area contributed by atoms with Gasteiger partial charge in [0.2, 0.25) is 23.6 Å². The zero-order valence-electron chi connectivity index (χ0n) is 20.0. The second-order valence-electron chi connectivity index (χ2n) is 11.5. The van der Waals surface area contributed by atoms with Gasteiger partial charge in [-0.3, -0.25) is 29.0 Å². The molecule has 6 nitrogen and oxygen atoms in total. The van der Waals surface area contributed by atoms with E-state index < -0.39 is 0 Å². The van der Waals surface area contributed by atoms with Crippen LogP contribution in [-0.2, 0) is 19.2 Å². The quantitative estimate of drug-likeness (QED) is 0.452. The van der Waals surface area contributed by atoms with Crippen LogP contribution in [0.4, 0.5) is 11.4 Å². The molecule has 4 fully saturated rings. The zero-order chi connectivity index (χ0) is 25.0. The van der Waals surface area contributed by atoms with Crippen molar-refractivity contribution in [3.05, 3.63) is 73.9 Å². The van der Waals surface area contributed by atoms with Crippen molar-refractivity contribution in [3.63, 3.8) is 0 Å². The molecule has 4 bridgehead atoms. The van der Waals surface area contributed by atoms with Crippen LogP contribution in [0, 0.1) is 46.3 Å². The smallest absolute Gasteiger partial charge is 0.238 e. The lowest BCUT2D eigenvalue weighted by Crippen LogP contribution is -2.36. The first-order chi connectivity index (χ1) is 17.4. The Balaban J connectivity index is 1.17. The molecule has 0 spiro atoms. The summed E-state index contributed by atoms with van der Waals surface area (Å²) in [6.07, 6.45) is 15.1. The molecule has 2 heterocycles. The molecule has 2 aliphatic heterocycles. The Labute approximate surface area is 210 Å². The van der Waals surface area contributed by atoms with E-state index in [1.165, 1.54) is 9.80 Å². The monoisotopic (exact) mass is 480 g/mol. The standard InChI is InChI=1S/C30H28N2O4/c1-3-11-29-13-9-17(15-29)21-23(29)27(35)31(25(21)33)19-5-7-20(8-6-19)32-26(34)22-18-10-14-30(16-18,12-4-2)24(22)28(32)36/h3-10,13-14,17-18,21-24H,1-2,11-12,15-16H2. The lowest BCUT2D eigenvalue weighted by Gasteiger charge is -2.29. The third kappa shape index (κ3) is 2.42. The van der Waals surface area contributed by atoms with Gasteiger partial charge < -0.3 is 0 Å². The highest BCUT2D eigenvalue weighted by Gasteiger charge is 2.67. The molecular formula is C30H28N2O4. The summed E-state index contributed by atoms with van der Waals surface area (Å²) in [5, 5.41) is 0. The molecule has 4 aliphatic carbocycles. The molecule has 7 rings (SSSR count). The van der Waals surface area contributed by atoms with Crippen molar-refractivity contribution in [1.29, 1.82) is 0 Å². The molecule has 2 saturated heterocycles. The van der Waals surface area contributed by atoms with Crippen LogP contribution in [0.1, 0.15) is 25.7 Å². The first-order valence-electron chi connectivity index (χ1n) is 12.8. The second-order valence-corrected chi connectivity index (χ2v) is 11.5. The van der Waals surface area contributed by atoms with Gasteiger partial charge >= 0.3 is 0 Å². The topological polar surface area (TPSA) is 74.8 Å². The van der Waals surface area contributed by atoms with E-state index in [1.54, 1.807) is 24.3 Å². The number of hydrogen-bond acceptors (Lipinski definition) is 4. The van der Waals surface area contributed by atoms with Gasteiger partial charge in [0.25, 0.3) is 0 Å². The Kier molecular flexibility index (Phi) is 4.24. The Morgan fingerprint density at radius 2 is 1.08 bits per heavy atom. The average molecular weight is 481 g/mol. The number of anilines is 2. The molecule has 1 aromatic rings. The number of hydrogen-bond donors (Lipinski definition) is 0. The molecule has 2 saturated carbocycles. The summed E-state index contributed by atoms with van der Waals surface area (Å²) in [5.74, 6) is -1.84. The lowest BCUT2D eigenvalue weighted by molar-refractivity contribution is -0.125. The minimum absolute atomic E-state index is 0.0850. The van der Waals surface area contributed by atoms with E-state index in [9.17, 15) is 19.2 Å². The summed E-state index contributed by atoms with van der Waals surface area (Å²) < 4.78 is 0. The molecule has 8 unspecified atom stereocenters. The Morgan fingerprint density at radius 1 is 0.694 bits per heavy atom. The number of allylic oxidation sites excluding steroid dienone is 6. The van der Waals surface area contributed by atoms with Crippen molar-refractivity contribution in [2.75, 3.05) is 9.80 Å². The number of fused-ring (bicyclic) bond motifs is 10. The van der Waals surface area contributed by atoms with Crippen LogP contribution in [0.2, 0.25) is 0 Å². The Bertz CT molecular complexity index is 1220. The van der Waals surface area contributed by atoms with Gasteiger partial charge in [-0.05, 0) is 61.8 Å². The van der Waals surface area contributed by atoms with E-state index in [4.69, 9.17) is 0 Å². The van der Waals surface area contributed by atoms with Crippen LogP contribution in [0.25, 0.3) is 0 Å². The van der Waals surface area contributed by atoms with Gasteiger partial charge in [0, 0.05) is 10.8 Å². The lowest BCUT2D eigenvalue weighted by atomic mass is 9.72. The largest absolute Gasteiger partial charge is 0.274 e. The number of carbonyl (C=O) groups is 4. The Hall–Kier alpha value is -3.54. The zero-order valence-corrected chi connectivity index (χ0v) is 20.0. The first kappa shape index (κ1) is 21.7. The molecule has 0 aromatic heterocycles. The molecule has 0 radical (unpaired) electrons. The molecule has 6 aliphatic rings. The van der Waals surface area contributed by atoms with Crippen molar-refractivity contribution in [3.8, 4) is 0 Å². The maximum atomic E-state index is 13.5. The molecule has 182 valence electrons. The van der Waals surface area contributed by atoms with Gasteiger partial charge in [0.05, 0.1) is 35.0 Å². The van der Waals surface area contributed by atoms with E-state index in [0.29, 0.717) is 24.2 Å². The minimum atomic E-state index is -0.359. The van der Waals surface area contributed by atoms with Gasteiger partial charge in [0.15, 0.2) is 0 Å². The highest BCUT2D eigenvalue weighted by atomic mass is 16.2. The van der Waals surface area contributed by atoms with Crippen LogP contribution >= 0.6 is 0 Å². The van der Waals surface area contributed by atoms with Gasteiger partial charge in [-0.2, -0.15) is 0 Å². The van der Waals surface area contributed by atoms with Crippen molar-refractivity contribution in [2.45, 2.75) is 25.7 Å². The highest BCUT2D eigenvalue weighted by Crippen LogP contribution is 2.63. The number of benzene rings is 1. The average Bonchev–Trinajstić information content (AvgIpc) is 3.67. The predicted octanol–water partition coefficient (Wildman–Crippen LogP) is 4.20. The van der Waals surface area contributed by atoms with Crippen molar-refractivity contribution < 1.29 is 19.2 Å². The summed E-state index contributed by atoms with van der Waals surface area (Å²) >= 11 is 0. The summed E-state index contributed by atoms with van der Waals surface area (Å²) in [6, 6.07) is 6.73. The van der Waals surface area contributed by atoms with E-state index in [0.717, 1.165) is 12.8 Å². The highest BCUT2D eigenvalue weighted by molar-refractivity contribution is 6.24. The summed E-state index contributed by atoms with van der Waals surface area (Å²) in [5.41, 5.74) is 0.333. The third-order valence-corrected chi connectivity index (χ3v) is 9.86. The SMILES string of the molecule is C=CCC12C=CC(C1)C1C(=O)N(c3ccc(N4C(=O)C5C6C=CC(CC=C)(C6)C5C4=O)cc3)C(=O)C12. The van der Waals surface area contributed by atoms with Crippen molar-refractivity contribution in [1.82, 2.24) is 0 Å². The second kappa shape index (κ2) is 7.02. The molecular weight excluding hydrogens is 452 g/mol. The van der Waals surface area contributed by atoms with Crippen LogP contribution in [0.5, 0.6) is 0 Å². The fraction of sp³-hybridized carbons (Fsp3) is 0.400. The van der Waals surface area contributed by atoms with Gasteiger partial charge in [-0.1, -0.05) is 36.5 Å². The molecule has 8 atom stereocenters. The third-order valence-electron chi connectivity index (χ3n) is 9.86. The normalized spacial score (nSPS) is 41.1. The fourth-order valence-corrected chi connectivity index (χ4v) is 8.54. The van der Waals surface area contributed by atoms with Crippen LogP contribution in [0.15, 0.2) is 73.9 Å². The van der Waals surface area contributed by atoms with Crippen molar-refractivity contribution in [2.24, 2.45) is 46.3 Å². The number of imide groups is 2. The molecule has 4 amide bonds. The van der Waals surface area contributed by atoms with E-state index in [2.05, 4.69) is 37.5 Å². The maximum absolute atomic E-state index is 13.5. The number of carbonyl (C=O) groups excluding carboxylic acids is 4. The van der Waals surface area contributed by atoms with E-state index in [1.807, 2.05) is 12.2 Å². The fourth-order valence-electron chi connectivity index (χ4n) is 8.54. The minimum Gasteiger partial charge on any atom is -0.274 e. The summed E-state index contributed by atoms with van der Waals surface area (Å²) in [7, 11) is 0. The van der Waals surface area contributed by atoms with Gasteiger partial charge in [-0.15, -0.1) is 13.2 Å². The van der Waals surface area contributed by atoms with Crippen LogP contribution in [0.3, 0.4) is 0 Å². The van der Waals surface area contributed by atoms with Gasteiger partial charge in [-0.25, -0.2) is 0 Å².